The van der Waals surface area contributed by atoms with Crippen molar-refractivity contribution in [3.8, 4) is 28.7 Å². The summed E-state index contributed by atoms with van der Waals surface area (Å²) >= 11 is 0. The molecule has 5 aromatic rings. The fourth-order valence-corrected chi connectivity index (χ4v) is 3.74. The highest BCUT2D eigenvalue weighted by atomic mass is 16.5. The van der Waals surface area contributed by atoms with E-state index in [-0.39, 0.29) is 11.6 Å². The Morgan fingerprint density at radius 2 is 1.84 bits per heavy atom. The summed E-state index contributed by atoms with van der Waals surface area (Å²) < 4.78 is 18.5. The zero-order valence-electron chi connectivity index (χ0n) is 20.9. The summed E-state index contributed by atoms with van der Waals surface area (Å²) in [5, 5.41) is 7.91. The van der Waals surface area contributed by atoms with Gasteiger partial charge in [-0.15, -0.1) is 0 Å². The maximum atomic E-state index is 13.0. The smallest absolute Gasteiger partial charge is 0.281 e. The van der Waals surface area contributed by atoms with Gasteiger partial charge in [-0.2, -0.15) is 5.10 Å². The molecule has 0 saturated carbocycles. The van der Waals surface area contributed by atoms with Gasteiger partial charge >= 0.3 is 0 Å². The first-order valence-electron chi connectivity index (χ1n) is 11.6. The second-order valence-electron chi connectivity index (χ2n) is 8.10. The van der Waals surface area contributed by atoms with Crippen LogP contribution in [-0.4, -0.2) is 49.3 Å². The SMILES string of the molecule is CCOc1cn(-c2cnc(N)nc2)nc1C(=O)Nc1ccc(Oc2ccnc3cc(OC)c(C)cc23)cn1. The molecular weight excluding hydrogens is 488 g/mol. The molecule has 0 fully saturated rings. The number of fused-ring (bicyclic) bond motifs is 1. The molecule has 38 heavy (non-hydrogen) atoms. The molecule has 1 amide bonds. The third-order valence-electron chi connectivity index (χ3n) is 5.54. The van der Waals surface area contributed by atoms with Gasteiger partial charge in [-0.05, 0) is 43.7 Å². The molecular formula is C26H24N8O4. The van der Waals surface area contributed by atoms with Gasteiger partial charge in [0.15, 0.2) is 11.4 Å². The molecule has 0 saturated heterocycles. The Kier molecular flexibility index (Phi) is 6.68. The van der Waals surface area contributed by atoms with Gasteiger partial charge in [0.2, 0.25) is 5.95 Å². The van der Waals surface area contributed by atoms with Crippen LogP contribution in [-0.2, 0) is 0 Å². The van der Waals surface area contributed by atoms with Crippen LogP contribution in [0.3, 0.4) is 0 Å². The standard InChI is InChI=1S/C26H24N8O4/c1-4-37-22-14-34(16-11-30-26(27)31-12-16)33-24(22)25(35)32-23-6-5-17(13-29-23)38-20-7-8-28-19-10-21(36-3)15(2)9-18(19)20/h5-14H,4H2,1-3H3,(H2,27,30,31)(H,29,32,35). The minimum absolute atomic E-state index is 0.0832. The van der Waals surface area contributed by atoms with E-state index in [1.807, 2.05) is 26.0 Å². The molecule has 3 N–H and O–H groups in total. The zero-order chi connectivity index (χ0) is 26.6. The summed E-state index contributed by atoms with van der Waals surface area (Å²) in [5.41, 5.74) is 7.87. The fourth-order valence-electron chi connectivity index (χ4n) is 3.74. The van der Waals surface area contributed by atoms with Crippen molar-refractivity contribution in [3.63, 3.8) is 0 Å². The first kappa shape index (κ1) is 24.4. The number of rotatable bonds is 8. The Morgan fingerprint density at radius 3 is 2.55 bits per heavy atom. The van der Waals surface area contributed by atoms with Crippen LogP contribution in [0.5, 0.6) is 23.0 Å². The molecule has 0 atom stereocenters. The molecule has 5 rings (SSSR count). The van der Waals surface area contributed by atoms with Gasteiger partial charge in [-0.25, -0.2) is 19.6 Å². The first-order valence-corrected chi connectivity index (χ1v) is 11.6. The summed E-state index contributed by atoms with van der Waals surface area (Å²) in [6.07, 6.45) is 7.76. The van der Waals surface area contributed by atoms with Crippen molar-refractivity contribution in [1.82, 2.24) is 29.7 Å². The molecule has 12 heteroatoms. The summed E-state index contributed by atoms with van der Waals surface area (Å²) in [7, 11) is 1.62. The third kappa shape index (κ3) is 5.00. The van der Waals surface area contributed by atoms with E-state index in [9.17, 15) is 4.79 Å². The summed E-state index contributed by atoms with van der Waals surface area (Å²) in [5.74, 6) is 2.13. The first-order chi connectivity index (χ1) is 18.4. The predicted octanol–water partition coefficient (Wildman–Crippen LogP) is 3.95. The van der Waals surface area contributed by atoms with Crippen molar-refractivity contribution in [2.24, 2.45) is 0 Å². The maximum absolute atomic E-state index is 13.0. The molecule has 0 spiro atoms. The monoisotopic (exact) mass is 512 g/mol. The number of benzene rings is 1. The number of hydrogen-bond acceptors (Lipinski definition) is 10. The van der Waals surface area contributed by atoms with E-state index >= 15 is 0 Å². The summed E-state index contributed by atoms with van der Waals surface area (Å²) in [6.45, 7) is 4.12. The molecule has 4 aromatic heterocycles. The number of methoxy groups -OCH3 is 1. The van der Waals surface area contributed by atoms with Crippen molar-refractivity contribution in [2.45, 2.75) is 13.8 Å². The number of nitrogens with zero attached hydrogens (tertiary/aromatic N) is 6. The van der Waals surface area contributed by atoms with Crippen molar-refractivity contribution < 1.29 is 19.0 Å². The zero-order valence-corrected chi connectivity index (χ0v) is 20.9. The minimum atomic E-state index is -0.491. The van der Waals surface area contributed by atoms with Gasteiger partial charge in [0, 0.05) is 17.6 Å². The number of nitrogens with two attached hydrogens (primary N) is 1. The van der Waals surface area contributed by atoms with Gasteiger partial charge in [0.05, 0.1) is 44.0 Å². The van der Waals surface area contributed by atoms with E-state index in [1.165, 1.54) is 23.3 Å². The number of nitrogen functional groups attached to an aromatic ring is 1. The van der Waals surface area contributed by atoms with Gasteiger partial charge < -0.3 is 25.3 Å². The number of hydrogen-bond donors (Lipinski definition) is 2. The van der Waals surface area contributed by atoms with E-state index in [4.69, 9.17) is 19.9 Å². The average molecular weight is 513 g/mol. The van der Waals surface area contributed by atoms with E-state index in [1.54, 1.807) is 37.7 Å². The van der Waals surface area contributed by atoms with Crippen LogP contribution in [0.2, 0.25) is 0 Å². The minimum Gasteiger partial charge on any atom is -0.496 e. The number of carbonyl (C=O) groups excluding carboxylic acids is 1. The number of aryl methyl sites for hydroxylation is 1. The highest BCUT2D eigenvalue weighted by Crippen LogP contribution is 2.33. The largest absolute Gasteiger partial charge is 0.496 e. The molecule has 0 unspecified atom stereocenters. The van der Waals surface area contributed by atoms with Crippen molar-refractivity contribution >= 4 is 28.6 Å². The number of carbonyl (C=O) groups is 1. The topological polar surface area (TPSA) is 152 Å². The molecule has 12 nitrogen and oxygen atoms in total. The predicted molar refractivity (Wildman–Crippen MR) is 140 cm³/mol. The summed E-state index contributed by atoms with van der Waals surface area (Å²) in [4.78, 5) is 29.6. The molecule has 0 bridgehead atoms. The normalized spacial score (nSPS) is 10.8. The van der Waals surface area contributed by atoms with Crippen LogP contribution in [0.15, 0.2) is 61.3 Å². The van der Waals surface area contributed by atoms with Crippen LogP contribution < -0.4 is 25.3 Å². The fraction of sp³-hybridized carbons (Fsp3) is 0.154. The quantitative estimate of drug-likeness (QED) is 0.312. The van der Waals surface area contributed by atoms with Crippen molar-refractivity contribution in [2.75, 3.05) is 24.8 Å². The Hall–Kier alpha value is -5.26. The maximum Gasteiger partial charge on any atom is 0.281 e. The van der Waals surface area contributed by atoms with Crippen LogP contribution >= 0.6 is 0 Å². The number of pyridine rings is 2. The summed E-state index contributed by atoms with van der Waals surface area (Å²) in [6, 6.07) is 8.95. The Labute approximate surface area is 217 Å². The second-order valence-corrected chi connectivity index (χ2v) is 8.10. The molecule has 0 radical (unpaired) electrons. The number of nitrogens with one attached hydrogen (secondary N) is 1. The molecule has 192 valence electrons. The molecule has 4 heterocycles. The van der Waals surface area contributed by atoms with E-state index < -0.39 is 5.91 Å². The number of anilines is 2. The van der Waals surface area contributed by atoms with Crippen LogP contribution in [0.4, 0.5) is 11.8 Å². The lowest BCUT2D eigenvalue weighted by Crippen LogP contribution is -2.15. The molecule has 1 aromatic carbocycles. The molecule has 0 aliphatic rings. The highest BCUT2D eigenvalue weighted by molar-refractivity contribution is 6.04. The lowest BCUT2D eigenvalue weighted by Gasteiger charge is -2.11. The van der Waals surface area contributed by atoms with Gasteiger partial charge in [-0.1, -0.05) is 0 Å². The number of amides is 1. The highest BCUT2D eigenvalue weighted by Gasteiger charge is 2.20. The van der Waals surface area contributed by atoms with Crippen molar-refractivity contribution in [3.05, 3.63) is 72.6 Å². The lowest BCUT2D eigenvalue weighted by atomic mass is 10.1. The Bertz CT molecular complexity index is 1600. The Morgan fingerprint density at radius 1 is 1.03 bits per heavy atom. The third-order valence-corrected chi connectivity index (χ3v) is 5.54. The number of ether oxygens (including phenoxy) is 3. The number of aromatic nitrogens is 6. The van der Waals surface area contributed by atoms with Crippen molar-refractivity contribution in [1.29, 1.82) is 0 Å². The van der Waals surface area contributed by atoms with E-state index in [0.29, 0.717) is 35.4 Å². The second kappa shape index (κ2) is 10.4. The van der Waals surface area contributed by atoms with E-state index in [2.05, 4.69) is 30.4 Å². The van der Waals surface area contributed by atoms with Crippen LogP contribution in [0.25, 0.3) is 16.6 Å². The average Bonchev–Trinajstić information content (AvgIpc) is 3.34. The molecule has 0 aliphatic carbocycles. The van der Waals surface area contributed by atoms with Gasteiger partial charge in [0.25, 0.3) is 5.91 Å². The van der Waals surface area contributed by atoms with E-state index in [0.717, 1.165) is 22.2 Å². The molecule has 0 aliphatic heterocycles. The van der Waals surface area contributed by atoms with Gasteiger partial charge in [-0.3, -0.25) is 9.78 Å². The van der Waals surface area contributed by atoms with Gasteiger partial charge in [0.1, 0.15) is 28.8 Å². The van der Waals surface area contributed by atoms with Crippen LogP contribution in [0.1, 0.15) is 23.0 Å². The van der Waals surface area contributed by atoms with Crippen LogP contribution in [0, 0.1) is 6.92 Å². The lowest BCUT2D eigenvalue weighted by molar-refractivity contribution is 0.101. The Balaban J connectivity index is 1.33.